The van der Waals surface area contributed by atoms with E-state index in [-0.39, 0.29) is 12.0 Å². The number of nitrogens with one attached hydrogen (secondary N) is 1. The number of thiophene rings is 1. The number of hydrogen-bond donors (Lipinski definition) is 1. The molecule has 3 heterocycles. The molecular weight excluding hydrogens is 460 g/mol. The van der Waals surface area contributed by atoms with Gasteiger partial charge >= 0.3 is 0 Å². The Bertz CT molecular complexity index is 1120. The summed E-state index contributed by atoms with van der Waals surface area (Å²) >= 11 is 1.73. The van der Waals surface area contributed by atoms with Gasteiger partial charge in [0.05, 0.1) is 12.7 Å². The van der Waals surface area contributed by atoms with Gasteiger partial charge < -0.3 is 24.8 Å². The Morgan fingerprint density at radius 2 is 2.09 bits per heavy atom. The molecule has 1 unspecified atom stereocenters. The maximum absolute atomic E-state index is 13.5. The number of fused-ring (bicyclic) bond motifs is 1. The first-order valence-electron chi connectivity index (χ1n) is 12.0. The van der Waals surface area contributed by atoms with E-state index >= 15 is 0 Å². The van der Waals surface area contributed by atoms with Gasteiger partial charge in [-0.25, -0.2) is 4.98 Å². The molecule has 0 spiro atoms. The summed E-state index contributed by atoms with van der Waals surface area (Å²) in [4.78, 5) is 29.7. The fraction of sp³-hybridized carbons (Fsp3) is 0.423. The molecule has 0 radical (unpaired) electrons. The average Bonchev–Trinajstić information content (AvgIpc) is 3.35. The van der Waals surface area contributed by atoms with Gasteiger partial charge in [0.25, 0.3) is 5.91 Å². The summed E-state index contributed by atoms with van der Waals surface area (Å²) < 4.78 is 6.37. The minimum absolute atomic E-state index is 0.0458. The van der Waals surface area contributed by atoms with E-state index in [0.29, 0.717) is 37.0 Å². The number of hydrogen-bond acceptors (Lipinski definition) is 8. The lowest BCUT2D eigenvalue weighted by atomic mass is 10.1. The summed E-state index contributed by atoms with van der Waals surface area (Å²) in [5.41, 5.74) is 2.40. The third kappa shape index (κ3) is 6.17. The fourth-order valence-electron chi connectivity index (χ4n) is 4.08. The maximum Gasteiger partial charge on any atom is 0.263 e. The van der Waals surface area contributed by atoms with Crippen LogP contribution in [0.25, 0.3) is 0 Å². The Hall–Kier alpha value is -3.01. The minimum atomic E-state index is -0.0899. The van der Waals surface area contributed by atoms with Crippen LogP contribution < -0.4 is 15.1 Å². The van der Waals surface area contributed by atoms with Crippen LogP contribution in [0.4, 0.5) is 17.5 Å². The highest BCUT2D eigenvalue weighted by Gasteiger charge is 2.28. The lowest BCUT2D eigenvalue weighted by Crippen LogP contribution is -2.33. The third-order valence-electron chi connectivity index (χ3n) is 5.97. The van der Waals surface area contributed by atoms with Crippen LogP contribution in [0.3, 0.4) is 0 Å². The molecule has 1 atom stereocenters. The highest BCUT2D eigenvalue weighted by atomic mass is 32.1. The molecule has 0 bridgehead atoms. The van der Waals surface area contributed by atoms with Gasteiger partial charge in [-0.15, -0.1) is 11.3 Å². The van der Waals surface area contributed by atoms with Gasteiger partial charge in [-0.3, -0.25) is 4.79 Å². The largest absolute Gasteiger partial charge is 0.368 e. The molecule has 1 amide bonds. The smallest absolute Gasteiger partial charge is 0.263 e. The first kappa shape index (κ1) is 25.1. The normalized spacial score (nSPS) is 14.7. The first-order chi connectivity index (χ1) is 17.0. The Kier molecular flexibility index (Phi) is 8.33. The highest BCUT2D eigenvalue weighted by molar-refractivity contribution is 7.10. The Morgan fingerprint density at radius 3 is 2.83 bits per heavy atom. The molecule has 0 saturated carbocycles. The van der Waals surface area contributed by atoms with Crippen molar-refractivity contribution < 1.29 is 9.53 Å². The second-order valence-electron chi connectivity index (χ2n) is 8.92. The minimum Gasteiger partial charge on any atom is -0.368 e. The SMILES string of the molecule is CCNc1ncc2c(n1)N(C)CCN(c1cccc(COC(CCN(C)C)c3cccs3)c1)C2=O. The molecule has 1 N–H and O–H groups in total. The van der Waals surface area contributed by atoms with E-state index in [0.717, 1.165) is 30.8 Å². The zero-order chi connectivity index (χ0) is 24.8. The maximum atomic E-state index is 13.5. The number of amides is 1. The van der Waals surface area contributed by atoms with Crippen molar-refractivity contribution in [3.8, 4) is 0 Å². The molecule has 3 aromatic rings. The van der Waals surface area contributed by atoms with E-state index in [4.69, 9.17) is 4.74 Å². The molecule has 4 rings (SSSR count). The zero-order valence-corrected chi connectivity index (χ0v) is 21.7. The third-order valence-corrected chi connectivity index (χ3v) is 6.94. The van der Waals surface area contributed by atoms with Crippen molar-refractivity contribution in [2.75, 3.05) is 62.4 Å². The number of aromatic nitrogens is 2. The first-order valence-corrected chi connectivity index (χ1v) is 12.9. The lowest BCUT2D eigenvalue weighted by molar-refractivity contribution is 0.0319. The number of carbonyl (C=O) groups excluding carboxylic acids is 1. The van der Waals surface area contributed by atoms with Gasteiger partial charge in [-0.1, -0.05) is 18.2 Å². The predicted molar refractivity (Wildman–Crippen MR) is 143 cm³/mol. The quantitative estimate of drug-likeness (QED) is 0.451. The van der Waals surface area contributed by atoms with E-state index in [2.05, 4.69) is 57.9 Å². The Morgan fingerprint density at radius 1 is 1.23 bits per heavy atom. The summed E-state index contributed by atoms with van der Waals surface area (Å²) in [6, 6.07) is 12.3. The van der Waals surface area contributed by atoms with E-state index < -0.39 is 0 Å². The molecule has 1 aromatic carbocycles. The number of rotatable bonds is 10. The van der Waals surface area contributed by atoms with Crippen LogP contribution in [-0.4, -0.2) is 68.1 Å². The van der Waals surface area contributed by atoms with Crippen LogP contribution in [0.1, 0.15) is 40.2 Å². The van der Waals surface area contributed by atoms with Crippen molar-refractivity contribution >= 4 is 34.7 Å². The van der Waals surface area contributed by atoms with Crippen molar-refractivity contribution in [3.63, 3.8) is 0 Å². The van der Waals surface area contributed by atoms with Crippen molar-refractivity contribution in [2.45, 2.75) is 26.1 Å². The molecular formula is C26H34N6O2S. The van der Waals surface area contributed by atoms with E-state index in [9.17, 15) is 4.79 Å². The number of likely N-dealkylation sites (N-methyl/N-ethyl adjacent to an activating group) is 1. The van der Waals surface area contributed by atoms with Crippen molar-refractivity contribution in [3.05, 3.63) is 64.0 Å². The van der Waals surface area contributed by atoms with Crippen LogP contribution in [-0.2, 0) is 11.3 Å². The van der Waals surface area contributed by atoms with Crippen molar-refractivity contribution in [1.82, 2.24) is 14.9 Å². The summed E-state index contributed by atoms with van der Waals surface area (Å²) in [6.07, 6.45) is 2.60. The lowest BCUT2D eigenvalue weighted by Gasteiger charge is -2.22. The van der Waals surface area contributed by atoms with Gasteiger partial charge in [-0.05, 0) is 56.6 Å². The zero-order valence-electron chi connectivity index (χ0n) is 20.9. The molecule has 0 saturated heterocycles. The van der Waals surface area contributed by atoms with Gasteiger partial charge in [0.2, 0.25) is 5.95 Å². The second-order valence-corrected chi connectivity index (χ2v) is 9.90. The molecule has 0 aliphatic carbocycles. The summed E-state index contributed by atoms with van der Waals surface area (Å²) in [7, 11) is 6.12. The van der Waals surface area contributed by atoms with Crippen LogP contribution >= 0.6 is 11.3 Å². The Balaban J connectivity index is 1.51. The molecule has 9 heteroatoms. The van der Waals surface area contributed by atoms with Crippen molar-refractivity contribution in [1.29, 1.82) is 0 Å². The van der Waals surface area contributed by atoms with Crippen molar-refractivity contribution in [2.24, 2.45) is 0 Å². The fourth-order valence-corrected chi connectivity index (χ4v) is 4.88. The molecule has 1 aliphatic heterocycles. The van der Waals surface area contributed by atoms with Crippen LogP contribution in [0.2, 0.25) is 0 Å². The van der Waals surface area contributed by atoms with E-state index in [1.54, 1.807) is 17.5 Å². The van der Waals surface area contributed by atoms with Crippen LogP contribution in [0, 0.1) is 0 Å². The van der Waals surface area contributed by atoms with Crippen LogP contribution in [0.5, 0.6) is 0 Å². The average molecular weight is 495 g/mol. The standard InChI is InChI=1S/C26H34N6O2S/c1-5-27-26-28-17-21-24(29-26)31(4)13-14-32(25(21)33)20-9-6-8-19(16-20)18-34-22(11-12-30(2)3)23-10-7-15-35-23/h6-10,15-17,22H,5,11-14,18H2,1-4H3,(H,27,28,29). The van der Waals surface area contributed by atoms with Gasteiger partial charge in [-0.2, -0.15) is 4.98 Å². The van der Waals surface area contributed by atoms with Gasteiger partial charge in [0.15, 0.2) is 0 Å². The summed E-state index contributed by atoms with van der Waals surface area (Å²) in [5, 5.41) is 5.21. The second kappa shape index (κ2) is 11.6. The molecule has 1 aliphatic rings. The number of nitrogens with zero attached hydrogens (tertiary/aromatic N) is 5. The van der Waals surface area contributed by atoms with E-state index in [1.807, 2.05) is 42.0 Å². The molecule has 35 heavy (non-hydrogen) atoms. The molecule has 8 nitrogen and oxygen atoms in total. The number of benzene rings is 1. The molecule has 0 fully saturated rings. The van der Waals surface area contributed by atoms with Gasteiger partial charge in [0, 0.05) is 50.0 Å². The van der Waals surface area contributed by atoms with E-state index in [1.165, 1.54) is 4.88 Å². The number of carbonyl (C=O) groups is 1. The summed E-state index contributed by atoms with van der Waals surface area (Å²) in [5.74, 6) is 1.10. The Labute approximate surface area is 211 Å². The summed E-state index contributed by atoms with van der Waals surface area (Å²) in [6.45, 7) is 5.39. The number of ether oxygens (including phenoxy) is 1. The highest BCUT2D eigenvalue weighted by Crippen LogP contribution is 2.29. The monoisotopic (exact) mass is 494 g/mol. The predicted octanol–water partition coefficient (Wildman–Crippen LogP) is 4.28. The van der Waals surface area contributed by atoms with Gasteiger partial charge in [0.1, 0.15) is 11.4 Å². The van der Waals surface area contributed by atoms with Crippen LogP contribution in [0.15, 0.2) is 48.0 Å². The molecule has 186 valence electrons. The number of anilines is 3. The molecule has 2 aromatic heterocycles. The topological polar surface area (TPSA) is 73.8 Å².